The Kier molecular flexibility index (Phi) is 2.65. The molecule has 0 saturated carbocycles. The Morgan fingerprint density at radius 1 is 0.944 bits per heavy atom. The molecular weight excluding hydrogens is 224 g/mol. The molecule has 0 fully saturated rings. The van der Waals surface area contributed by atoms with Crippen molar-refractivity contribution in [1.82, 2.24) is 9.97 Å². The second-order valence-electron chi connectivity index (χ2n) is 3.99. The van der Waals surface area contributed by atoms with Gasteiger partial charge in [0.25, 0.3) is 0 Å². The summed E-state index contributed by atoms with van der Waals surface area (Å²) in [6, 6.07) is 16.8. The van der Waals surface area contributed by atoms with Crippen LogP contribution in [0.3, 0.4) is 0 Å². The molecule has 3 nitrogen and oxygen atoms in total. The molecule has 0 aliphatic rings. The van der Waals surface area contributed by atoms with Gasteiger partial charge in [0.2, 0.25) is 0 Å². The van der Waals surface area contributed by atoms with Crippen molar-refractivity contribution in [2.75, 3.05) is 7.11 Å². The third kappa shape index (κ3) is 1.91. The Hall–Kier alpha value is -2.42. The van der Waals surface area contributed by atoms with Crippen molar-refractivity contribution in [3.8, 4) is 17.3 Å². The Morgan fingerprint density at radius 2 is 1.78 bits per heavy atom. The number of nitrogens with zero attached hydrogens (tertiary/aromatic N) is 2. The van der Waals surface area contributed by atoms with Crippen LogP contribution >= 0.6 is 0 Å². The van der Waals surface area contributed by atoms with Crippen LogP contribution in [0, 0.1) is 0 Å². The van der Waals surface area contributed by atoms with Gasteiger partial charge >= 0.3 is 6.01 Å². The molecule has 3 aromatic rings. The summed E-state index contributed by atoms with van der Waals surface area (Å²) in [6.45, 7) is 0. The van der Waals surface area contributed by atoms with Gasteiger partial charge in [-0.15, -0.1) is 0 Å². The summed E-state index contributed by atoms with van der Waals surface area (Å²) < 4.78 is 5.04. The number of hydrogen-bond acceptors (Lipinski definition) is 3. The van der Waals surface area contributed by atoms with Crippen LogP contribution in [0.25, 0.3) is 22.0 Å². The van der Waals surface area contributed by atoms with E-state index in [1.165, 1.54) is 10.8 Å². The zero-order chi connectivity index (χ0) is 12.4. The van der Waals surface area contributed by atoms with Crippen molar-refractivity contribution in [3.63, 3.8) is 0 Å². The van der Waals surface area contributed by atoms with Gasteiger partial charge in [0.05, 0.1) is 12.8 Å². The predicted octanol–water partition coefficient (Wildman–Crippen LogP) is 3.31. The zero-order valence-corrected chi connectivity index (χ0v) is 10.00. The molecule has 0 bridgehead atoms. The highest BCUT2D eigenvalue weighted by Crippen LogP contribution is 2.23. The first-order valence-corrected chi connectivity index (χ1v) is 5.73. The largest absolute Gasteiger partial charge is 0.467 e. The normalized spacial score (nSPS) is 10.5. The third-order valence-corrected chi connectivity index (χ3v) is 2.86. The number of methoxy groups -OCH3 is 1. The smallest absolute Gasteiger partial charge is 0.316 e. The van der Waals surface area contributed by atoms with Crippen LogP contribution in [0.15, 0.2) is 54.7 Å². The van der Waals surface area contributed by atoms with Crippen LogP contribution in [-0.4, -0.2) is 17.1 Å². The topological polar surface area (TPSA) is 35.0 Å². The maximum atomic E-state index is 5.04. The molecule has 0 atom stereocenters. The van der Waals surface area contributed by atoms with Gasteiger partial charge in [-0.25, -0.2) is 4.98 Å². The highest BCUT2D eigenvalue weighted by molar-refractivity contribution is 5.86. The quantitative estimate of drug-likeness (QED) is 0.684. The van der Waals surface area contributed by atoms with Crippen LogP contribution in [0.2, 0.25) is 0 Å². The Labute approximate surface area is 105 Å². The van der Waals surface area contributed by atoms with Crippen LogP contribution in [0.4, 0.5) is 0 Å². The van der Waals surface area contributed by atoms with Gasteiger partial charge in [-0.1, -0.05) is 36.4 Å². The minimum Gasteiger partial charge on any atom is -0.467 e. The predicted molar refractivity (Wildman–Crippen MR) is 71.5 cm³/mol. The molecular formula is C15H12N2O. The maximum Gasteiger partial charge on any atom is 0.316 e. The summed E-state index contributed by atoms with van der Waals surface area (Å²) in [7, 11) is 1.57. The minimum absolute atomic E-state index is 0.389. The van der Waals surface area contributed by atoms with E-state index in [0.29, 0.717) is 6.01 Å². The summed E-state index contributed by atoms with van der Waals surface area (Å²) >= 11 is 0. The fourth-order valence-electron chi connectivity index (χ4n) is 1.95. The number of benzene rings is 2. The van der Waals surface area contributed by atoms with Crippen LogP contribution in [0.5, 0.6) is 6.01 Å². The van der Waals surface area contributed by atoms with E-state index >= 15 is 0 Å². The van der Waals surface area contributed by atoms with Gasteiger partial charge in [-0.3, -0.25) is 0 Å². The monoisotopic (exact) mass is 236 g/mol. The molecule has 88 valence electrons. The SMILES string of the molecule is COc1nccc(-c2ccc3ccccc3c2)n1. The first-order chi connectivity index (χ1) is 8.86. The molecule has 0 unspecified atom stereocenters. The Balaban J connectivity index is 2.13. The highest BCUT2D eigenvalue weighted by Gasteiger charge is 2.03. The number of rotatable bonds is 2. The van der Waals surface area contributed by atoms with E-state index in [9.17, 15) is 0 Å². The number of aromatic nitrogens is 2. The molecule has 0 saturated heterocycles. The van der Waals surface area contributed by atoms with Crippen LogP contribution in [-0.2, 0) is 0 Å². The lowest BCUT2D eigenvalue weighted by Crippen LogP contribution is -1.92. The van der Waals surface area contributed by atoms with E-state index in [1.54, 1.807) is 13.3 Å². The molecule has 3 rings (SSSR count). The van der Waals surface area contributed by atoms with Gasteiger partial charge in [0.15, 0.2) is 0 Å². The van der Waals surface area contributed by atoms with Crippen molar-refractivity contribution < 1.29 is 4.74 Å². The number of fused-ring (bicyclic) bond motifs is 1. The van der Waals surface area contributed by atoms with Crippen LogP contribution < -0.4 is 4.74 Å². The average molecular weight is 236 g/mol. The molecule has 0 aliphatic heterocycles. The van der Waals surface area contributed by atoms with Gasteiger partial charge in [0.1, 0.15) is 0 Å². The van der Waals surface area contributed by atoms with Crippen molar-refractivity contribution >= 4 is 10.8 Å². The van der Waals surface area contributed by atoms with E-state index in [1.807, 2.05) is 18.2 Å². The maximum absolute atomic E-state index is 5.04. The molecule has 2 aromatic carbocycles. The van der Waals surface area contributed by atoms with E-state index in [2.05, 4.69) is 40.3 Å². The molecule has 1 aromatic heterocycles. The summed E-state index contributed by atoms with van der Waals surface area (Å²) in [6.07, 6.45) is 1.70. The summed E-state index contributed by atoms with van der Waals surface area (Å²) in [5, 5.41) is 2.43. The van der Waals surface area contributed by atoms with Crippen LogP contribution in [0.1, 0.15) is 0 Å². The highest BCUT2D eigenvalue weighted by atomic mass is 16.5. The lowest BCUT2D eigenvalue weighted by molar-refractivity contribution is 0.380. The van der Waals surface area contributed by atoms with Crippen molar-refractivity contribution in [1.29, 1.82) is 0 Å². The Bertz CT molecular complexity index is 695. The second kappa shape index (κ2) is 4.45. The zero-order valence-electron chi connectivity index (χ0n) is 10.00. The van der Waals surface area contributed by atoms with Crippen molar-refractivity contribution in [3.05, 3.63) is 54.7 Å². The first-order valence-electron chi connectivity index (χ1n) is 5.73. The van der Waals surface area contributed by atoms with E-state index < -0.39 is 0 Å². The van der Waals surface area contributed by atoms with Gasteiger partial charge < -0.3 is 4.74 Å². The molecule has 18 heavy (non-hydrogen) atoms. The molecule has 0 aliphatic carbocycles. The fraction of sp³-hybridized carbons (Fsp3) is 0.0667. The van der Waals surface area contributed by atoms with Crippen molar-refractivity contribution in [2.24, 2.45) is 0 Å². The Morgan fingerprint density at radius 3 is 2.61 bits per heavy atom. The summed E-state index contributed by atoms with van der Waals surface area (Å²) in [4.78, 5) is 8.35. The van der Waals surface area contributed by atoms with Gasteiger partial charge in [0, 0.05) is 11.8 Å². The van der Waals surface area contributed by atoms with E-state index in [4.69, 9.17) is 4.74 Å². The first kappa shape index (κ1) is 10.7. The molecule has 0 N–H and O–H groups in total. The molecule has 0 amide bonds. The molecule has 3 heteroatoms. The molecule has 0 spiro atoms. The number of hydrogen-bond donors (Lipinski definition) is 0. The standard InChI is InChI=1S/C15H12N2O/c1-18-15-16-9-8-14(17-15)13-7-6-11-4-2-3-5-12(11)10-13/h2-10H,1H3. The molecule has 1 heterocycles. The molecule has 0 radical (unpaired) electrons. The van der Waals surface area contributed by atoms with Gasteiger partial charge in [-0.05, 0) is 22.9 Å². The second-order valence-corrected chi connectivity index (χ2v) is 3.99. The number of ether oxygens (including phenoxy) is 1. The van der Waals surface area contributed by atoms with E-state index in [0.717, 1.165) is 11.3 Å². The minimum atomic E-state index is 0.389. The van der Waals surface area contributed by atoms with Crippen molar-refractivity contribution in [2.45, 2.75) is 0 Å². The van der Waals surface area contributed by atoms with Gasteiger partial charge in [-0.2, -0.15) is 4.98 Å². The third-order valence-electron chi connectivity index (χ3n) is 2.86. The summed E-state index contributed by atoms with van der Waals surface area (Å²) in [5.41, 5.74) is 1.93. The lowest BCUT2D eigenvalue weighted by Gasteiger charge is -2.04. The lowest BCUT2D eigenvalue weighted by atomic mass is 10.1. The van der Waals surface area contributed by atoms with E-state index in [-0.39, 0.29) is 0 Å². The fourth-order valence-corrected chi connectivity index (χ4v) is 1.95. The summed E-state index contributed by atoms with van der Waals surface area (Å²) in [5.74, 6) is 0. The average Bonchev–Trinajstić information content (AvgIpc) is 2.47.